The van der Waals surface area contributed by atoms with Crippen LogP contribution in [0.25, 0.3) is 0 Å². The summed E-state index contributed by atoms with van der Waals surface area (Å²) in [5.41, 5.74) is 3.33. The molecule has 2 rings (SSSR count). The number of hydrogen-bond acceptors (Lipinski definition) is 0. The maximum Gasteiger partial charge on any atom is 0.00275 e. The van der Waals surface area contributed by atoms with E-state index in [0.717, 1.165) is 12.8 Å². The van der Waals surface area contributed by atoms with E-state index in [2.05, 4.69) is 37.4 Å². The average Bonchev–Trinajstić information content (AvgIpc) is 2.60. The Kier molecular flexibility index (Phi) is 2.77. The van der Waals surface area contributed by atoms with E-state index in [1.165, 1.54) is 24.0 Å². The second-order valence-corrected chi connectivity index (χ2v) is 4.42. The Morgan fingerprint density at radius 3 is 2.47 bits per heavy atom. The lowest BCUT2D eigenvalue weighted by molar-refractivity contribution is 0.434. The van der Waals surface area contributed by atoms with Gasteiger partial charge in [-0.05, 0) is 36.8 Å². The van der Waals surface area contributed by atoms with Crippen molar-refractivity contribution in [2.24, 2.45) is 0 Å². The Morgan fingerprint density at radius 2 is 1.80 bits per heavy atom. The average molecular weight is 198 g/mol. The van der Waals surface area contributed by atoms with Gasteiger partial charge in [-0.1, -0.05) is 36.4 Å². The van der Waals surface area contributed by atoms with E-state index in [-0.39, 0.29) is 0 Å². The topological polar surface area (TPSA) is 0 Å². The van der Waals surface area contributed by atoms with Crippen molar-refractivity contribution in [3.05, 3.63) is 60.7 Å². The zero-order valence-electron chi connectivity index (χ0n) is 9.21. The minimum atomic E-state index is 0.292. The van der Waals surface area contributed by atoms with Crippen molar-refractivity contribution in [1.29, 1.82) is 0 Å². The van der Waals surface area contributed by atoms with Gasteiger partial charge in [0.05, 0.1) is 0 Å². The third-order valence-electron chi connectivity index (χ3n) is 3.53. The molecule has 0 fully saturated rings. The number of hydrogen-bond donors (Lipinski definition) is 0. The number of fused-ring (bicyclic) bond motifs is 1. The third kappa shape index (κ3) is 1.65. The van der Waals surface area contributed by atoms with Crippen molar-refractivity contribution in [3.63, 3.8) is 0 Å². The molecule has 0 aromatic heterocycles. The van der Waals surface area contributed by atoms with Gasteiger partial charge in [-0.2, -0.15) is 0 Å². The van der Waals surface area contributed by atoms with Gasteiger partial charge in [0.25, 0.3) is 0 Å². The van der Waals surface area contributed by atoms with Gasteiger partial charge < -0.3 is 0 Å². The SMILES string of the molecule is C=CCC1(CC=C)CCc2ccccc21. The quantitative estimate of drug-likeness (QED) is 0.641. The highest BCUT2D eigenvalue weighted by atomic mass is 14.4. The first kappa shape index (κ1) is 10.2. The van der Waals surface area contributed by atoms with Crippen molar-refractivity contribution >= 4 is 0 Å². The van der Waals surface area contributed by atoms with Crippen LogP contribution in [-0.4, -0.2) is 0 Å². The second kappa shape index (κ2) is 4.06. The first-order valence-corrected chi connectivity index (χ1v) is 5.62. The normalized spacial score (nSPS) is 17.1. The standard InChI is InChI=1S/C15H18/c1-3-10-15(11-4-2)12-9-13-7-5-6-8-14(13)15/h3-8H,1-2,9-12H2. The molecule has 1 aromatic carbocycles. The van der Waals surface area contributed by atoms with Crippen molar-refractivity contribution < 1.29 is 0 Å². The lowest BCUT2D eigenvalue weighted by Gasteiger charge is -2.28. The molecule has 15 heavy (non-hydrogen) atoms. The van der Waals surface area contributed by atoms with E-state index < -0.39 is 0 Å². The van der Waals surface area contributed by atoms with E-state index in [1.807, 2.05) is 12.2 Å². The van der Waals surface area contributed by atoms with Crippen LogP contribution in [0.4, 0.5) is 0 Å². The molecule has 0 nitrogen and oxygen atoms in total. The highest BCUT2D eigenvalue weighted by Crippen LogP contribution is 2.44. The molecule has 0 unspecified atom stereocenters. The Bertz CT molecular complexity index is 363. The molecule has 1 aromatic rings. The fraction of sp³-hybridized carbons (Fsp3) is 0.333. The maximum atomic E-state index is 3.89. The number of aryl methyl sites for hydroxylation is 1. The molecule has 0 bridgehead atoms. The minimum absolute atomic E-state index is 0.292. The highest BCUT2D eigenvalue weighted by molar-refractivity contribution is 5.40. The molecular formula is C15H18. The fourth-order valence-corrected chi connectivity index (χ4v) is 2.82. The molecule has 0 saturated heterocycles. The summed E-state index contributed by atoms with van der Waals surface area (Å²) >= 11 is 0. The molecule has 1 aliphatic rings. The molecule has 0 heteroatoms. The Labute approximate surface area is 92.3 Å². The first-order valence-electron chi connectivity index (χ1n) is 5.62. The third-order valence-corrected chi connectivity index (χ3v) is 3.53. The van der Waals surface area contributed by atoms with Gasteiger partial charge in [-0.3, -0.25) is 0 Å². The first-order chi connectivity index (χ1) is 7.32. The summed E-state index contributed by atoms with van der Waals surface area (Å²) in [7, 11) is 0. The predicted octanol–water partition coefficient (Wildman–Crippen LogP) is 4.02. The molecule has 0 spiro atoms. The minimum Gasteiger partial charge on any atom is -0.103 e. The van der Waals surface area contributed by atoms with Gasteiger partial charge in [-0.25, -0.2) is 0 Å². The van der Waals surface area contributed by atoms with Crippen LogP contribution in [0.3, 0.4) is 0 Å². The summed E-state index contributed by atoms with van der Waals surface area (Å²) in [4.78, 5) is 0. The summed E-state index contributed by atoms with van der Waals surface area (Å²) < 4.78 is 0. The smallest absolute Gasteiger partial charge is 0.00275 e. The Morgan fingerprint density at radius 1 is 1.13 bits per heavy atom. The van der Waals surface area contributed by atoms with Gasteiger partial charge >= 0.3 is 0 Å². The summed E-state index contributed by atoms with van der Waals surface area (Å²) in [5, 5.41) is 0. The summed E-state index contributed by atoms with van der Waals surface area (Å²) in [5.74, 6) is 0. The highest BCUT2D eigenvalue weighted by Gasteiger charge is 2.35. The van der Waals surface area contributed by atoms with E-state index in [0.29, 0.717) is 5.41 Å². The van der Waals surface area contributed by atoms with E-state index in [1.54, 1.807) is 0 Å². The van der Waals surface area contributed by atoms with Crippen LogP contribution in [0.1, 0.15) is 30.4 Å². The van der Waals surface area contributed by atoms with Crippen LogP contribution < -0.4 is 0 Å². The van der Waals surface area contributed by atoms with Crippen molar-refractivity contribution in [3.8, 4) is 0 Å². The molecule has 78 valence electrons. The van der Waals surface area contributed by atoms with Crippen molar-refractivity contribution in [1.82, 2.24) is 0 Å². The second-order valence-electron chi connectivity index (χ2n) is 4.42. The summed E-state index contributed by atoms with van der Waals surface area (Å²) in [6.45, 7) is 7.78. The fourth-order valence-electron chi connectivity index (χ4n) is 2.82. The van der Waals surface area contributed by atoms with E-state index in [4.69, 9.17) is 0 Å². The monoisotopic (exact) mass is 198 g/mol. The van der Waals surface area contributed by atoms with Crippen molar-refractivity contribution in [2.45, 2.75) is 31.1 Å². The van der Waals surface area contributed by atoms with Crippen LogP contribution in [0.15, 0.2) is 49.6 Å². The van der Waals surface area contributed by atoms with Crippen LogP contribution in [-0.2, 0) is 11.8 Å². The molecule has 0 N–H and O–H groups in total. The zero-order chi connectivity index (χ0) is 10.7. The van der Waals surface area contributed by atoms with Gasteiger partial charge in [-0.15, -0.1) is 13.2 Å². The Balaban J connectivity index is 2.43. The van der Waals surface area contributed by atoms with Crippen LogP contribution in [0.2, 0.25) is 0 Å². The van der Waals surface area contributed by atoms with Gasteiger partial charge in [0.15, 0.2) is 0 Å². The molecule has 0 heterocycles. The molecule has 0 amide bonds. The number of rotatable bonds is 4. The number of benzene rings is 1. The van der Waals surface area contributed by atoms with Crippen LogP contribution >= 0.6 is 0 Å². The van der Waals surface area contributed by atoms with Gasteiger partial charge in [0.1, 0.15) is 0 Å². The Hall–Kier alpha value is -1.30. The van der Waals surface area contributed by atoms with E-state index >= 15 is 0 Å². The van der Waals surface area contributed by atoms with Gasteiger partial charge in [0.2, 0.25) is 0 Å². The number of allylic oxidation sites excluding steroid dienone is 2. The molecule has 0 atom stereocenters. The lowest BCUT2D eigenvalue weighted by atomic mass is 9.76. The summed E-state index contributed by atoms with van der Waals surface area (Å²) in [6, 6.07) is 8.81. The molecular weight excluding hydrogens is 180 g/mol. The maximum absolute atomic E-state index is 3.89. The predicted molar refractivity (Wildman–Crippen MR) is 66.1 cm³/mol. The van der Waals surface area contributed by atoms with Crippen molar-refractivity contribution in [2.75, 3.05) is 0 Å². The van der Waals surface area contributed by atoms with Crippen LogP contribution in [0, 0.1) is 0 Å². The van der Waals surface area contributed by atoms with Crippen LogP contribution in [0.5, 0.6) is 0 Å². The lowest BCUT2D eigenvalue weighted by Crippen LogP contribution is -2.21. The zero-order valence-corrected chi connectivity index (χ0v) is 9.21. The largest absolute Gasteiger partial charge is 0.103 e. The molecule has 0 radical (unpaired) electrons. The van der Waals surface area contributed by atoms with Gasteiger partial charge in [0, 0.05) is 5.41 Å². The molecule has 0 saturated carbocycles. The summed E-state index contributed by atoms with van der Waals surface area (Å²) in [6.07, 6.45) is 8.67. The molecule has 0 aliphatic heterocycles. The molecule has 1 aliphatic carbocycles. The van der Waals surface area contributed by atoms with E-state index in [9.17, 15) is 0 Å².